The molecular weight excluding hydrogens is 338 g/mol. The number of likely N-dealkylation sites (tertiary alicyclic amines) is 1. The smallest absolute Gasteiger partial charge is 0.254 e. The Kier molecular flexibility index (Phi) is 4.92. The van der Waals surface area contributed by atoms with Gasteiger partial charge in [0.25, 0.3) is 5.91 Å². The van der Waals surface area contributed by atoms with Crippen molar-refractivity contribution in [2.45, 2.75) is 25.8 Å². The Hall–Kier alpha value is -3.08. The third-order valence-corrected chi connectivity index (χ3v) is 4.97. The highest BCUT2D eigenvalue weighted by Crippen LogP contribution is 2.34. The highest BCUT2D eigenvalue weighted by atomic mass is 16.5. The molecule has 0 bridgehead atoms. The summed E-state index contributed by atoms with van der Waals surface area (Å²) in [6.07, 6.45) is 5.64. The van der Waals surface area contributed by atoms with E-state index < -0.39 is 0 Å². The molecule has 1 aromatic heterocycles. The van der Waals surface area contributed by atoms with Gasteiger partial charge in [0.2, 0.25) is 0 Å². The van der Waals surface area contributed by atoms with Crippen LogP contribution in [0.25, 0.3) is 5.69 Å². The van der Waals surface area contributed by atoms with Crippen molar-refractivity contribution in [2.24, 2.45) is 0 Å². The first-order chi connectivity index (χ1) is 13.3. The average molecular weight is 361 g/mol. The van der Waals surface area contributed by atoms with Crippen LogP contribution in [-0.2, 0) is 0 Å². The summed E-state index contributed by atoms with van der Waals surface area (Å²) in [6.45, 7) is 3.42. The number of rotatable bonds is 5. The Balaban J connectivity index is 1.52. The van der Waals surface area contributed by atoms with Crippen LogP contribution < -0.4 is 4.74 Å². The second-order valence-electron chi connectivity index (χ2n) is 6.66. The SMILES string of the molecule is CCOc1ccc([C@H]2CCCN2C(=O)c2ccc(-n3cccn3)cc2)cc1. The maximum atomic E-state index is 13.1. The van der Waals surface area contributed by atoms with E-state index in [1.54, 1.807) is 10.9 Å². The first-order valence-electron chi connectivity index (χ1n) is 9.40. The van der Waals surface area contributed by atoms with Crippen LogP contribution in [0.5, 0.6) is 5.75 Å². The van der Waals surface area contributed by atoms with Gasteiger partial charge in [-0.2, -0.15) is 5.10 Å². The van der Waals surface area contributed by atoms with E-state index in [0.29, 0.717) is 12.2 Å². The largest absolute Gasteiger partial charge is 0.494 e. The van der Waals surface area contributed by atoms with Crippen LogP contribution in [0.15, 0.2) is 67.0 Å². The molecule has 0 N–H and O–H groups in total. The van der Waals surface area contributed by atoms with Gasteiger partial charge in [-0.25, -0.2) is 4.68 Å². The summed E-state index contributed by atoms with van der Waals surface area (Å²) >= 11 is 0. The summed E-state index contributed by atoms with van der Waals surface area (Å²) < 4.78 is 7.31. The minimum Gasteiger partial charge on any atom is -0.494 e. The van der Waals surface area contributed by atoms with Crippen LogP contribution in [0.4, 0.5) is 0 Å². The van der Waals surface area contributed by atoms with Gasteiger partial charge in [-0.1, -0.05) is 12.1 Å². The fourth-order valence-electron chi connectivity index (χ4n) is 3.65. The number of amides is 1. The molecule has 138 valence electrons. The summed E-state index contributed by atoms with van der Waals surface area (Å²) in [5.41, 5.74) is 2.82. The van der Waals surface area contributed by atoms with E-state index in [-0.39, 0.29) is 11.9 Å². The topological polar surface area (TPSA) is 47.4 Å². The maximum absolute atomic E-state index is 13.1. The molecule has 0 saturated carbocycles. The molecular formula is C22H23N3O2. The molecule has 1 amide bonds. The van der Waals surface area contributed by atoms with Crippen LogP contribution in [0.3, 0.4) is 0 Å². The number of benzene rings is 2. The standard InChI is InChI=1S/C22H23N3O2/c1-2-27-20-12-8-17(9-13-20)21-5-3-15-24(21)22(26)18-6-10-19(11-7-18)25-16-4-14-23-25/h4,6-14,16,21H,2-3,5,15H2,1H3/t21-/m1/s1. The van der Waals surface area contributed by atoms with E-state index in [4.69, 9.17) is 4.74 Å². The average Bonchev–Trinajstić information content (AvgIpc) is 3.41. The van der Waals surface area contributed by atoms with Crippen molar-refractivity contribution in [3.05, 3.63) is 78.1 Å². The summed E-state index contributed by atoms with van der Waals surface area (Å²) in [4.78, 5) is 15.1. The summed E-state index contributed by atoms with van der Waals surface area (Å²) in [6, 6.07) is 17.7. The third-order valence-electron chi connectivity index (χ3n) is 4.97. The van der Waals surface area contributed by atoms with Crippen molar-refractivity contribution < 1.29 is 9.53 Å². The maximum Gasteiger partial charge on any atom is 0.254 e. The Morgan fingerprint density at radius 2 is 1.93 bits per heavy atom. The van der Waals surface area contributed by atoms with E-state index in [1.165, 1.54) is 0 Å². The van der Waals surface area contributed by atoms with Crippen molar-refractivity contribution in [2.75, 3.05) is 13.2 Å². The number of nitrogens with zero attached hydrogens (tertiary/aromatic N) is 3. The molecule has 0 aliphatic carbocycles. The second kappa shape index (κ2) is 7.66. The number of hydrogen-bond acceptors (Lipinski definition) is 3. The van der Waals surface area contributed by atoms with Crippen molar-refractivity contribution in [3.8, 4) is 11.4 Å². The number of carbonyl (C=O) groups excluding carboxylic acids is 1. The number of carbonyl (C=O) groups is 1. The summed E-state index contributed by atoms with van der Waals surface area (Å²) in [5, 5.41) is 4.22. The van der Waals surface area contributed by atoms with Gasteiger partial charge in [-0.3, -0.25) is 4.79 Å². The van der Waals surface area contributed by atoms with Crippen LogP contribution in [0.2, 0.25) is 0 Å². The molecule has 0 unspecified atom stereocenters. The van der Waals surface area contributed by atoms with Crippen LogP contribution in [0, 0.1) is 0 Å². The predicted octanol–water partition coefficient (Wildman–Crippen LogP) is 4.25. The molecule has 0 spiro atoms. The summed E-state index contributed by atoms with van der Waals surface area (Å²) in [5.74, 6) is 0.949. The first kappa shape index (κ1) is 17.3. The van der Waals surface area contributed by atoms with E-state index in [1.807, 2.05) is 60.5 Å². The fourth-order valence-corrected chi connectivity index (χ4v) is 3.65. The Bertz CT molecular complexity index is 886. The first-order valence-corrected chi connectivity index (χ1v) is 9.40. The molecule has 3 aromatic rings. The third kappa shape index (κ3) is 3.58. The molecule has 5 heteroatoms. The highest BCUT2D eigenvalue weighted by Gasteiger charge is 2.30. The van der Waals surface area contributed by atoms with Crippen molar-refractivity contribution in [3.63, 3.8) is 0 Å². The van der Waals surface area contributed by atoms with Gasteiger partial charge in [0.1, 0.15) is 5.75 Å². The van der Waals surface area contributed by atoms with E-state index >= 15 is 0 Å². The predicted molar refractivity (Wildman–Crippen MR) is 104 cm³/mol. The molecule has 1 atom stereocenters. The minimum atomic E-state index is 0.0819. The summed E-state index contributed by atoms with van der Waals surface area (Å²) in [7, 11) is 0. The van der Waals surface area contributed by atoms with Gasteiger partial charge in [0.15, 0.2) is 0 Å². The van der Waals surface area contributed by atoms with E-state index in [9.17, 15) is 4.79 Å². The van der Waals surface area contributed by atoms with E-state index in [0.717, 1.165) is 36.4 Å². The van der Waals surface area contributed by atoms with Crippen LogP contribution >= 0.6 is 0 Å². The quantitative estimate of drug-likeness (QED) is 0.683. The van der Waals surface area contributed by atoms with Gasteiger partial charge in [-0.05, 0) is 67.8 Å². The van der Waals surface area contributed by atoms with Gasteiger partial charge >= 0.3 is 0 Å². The van der Waals surface area contributed by atoms with Crippen molar-refractivity contribution >= 4 is 5.91 Å². The Labute approximate surface area is 159 Å². The normalized spacial score (nSPS) is 16.5. The van der Waals surface area contributed by atoms with Gasteiger partial charge < -0.3 is 9.64 Å². The zero-order chi connectivity index (χ0) is 18.6. The molecule has 1 saturated heterocycles. The zero-order valence-corrected chi connectivity index (χ0v) is 15.4. The van der Waals surface area contributed by atoms with Crippen LogP contribution in [-0.4, -0.2) is 33.7 Å². The molecule has 0 radical (unpaired) electrons. The molecule has 1 aliphatic heterocycles. The lowest BCUT2D eigenvalue weighted by atomic mass is 10.0. The monoisotopic (exact) mass is 361 g/mol. The molecule has 1 aliphatic rings. The molecule has 4 rings (SSSR count). The van der Waals surface area contributed by atoms with Crippen molar-refractivity contribution in [1.82, 2.24) is 14.7 Å². The minimum absolute atomic E-state index is 0.0819. The number of ether oxygens (including phenoxy) is 1. The zero-order valence-electron chi connectivity index (χ0n) is 15.4. The van der Waals surface area contributed by atoms with Gasteiger partial charge in [0.05, 0.1) is 18.3 Å². The molecule has 5 nitrogen and oxygen atoms in total. The van der Waals surface area contributed by atoms with Gasteiger partial charge in [0, 0.05) is 24.5 Å². The highest BCUT2D eigenvalue weighted by molar-refractivity contribution is 5.94. The molecule has 2 aromatic carbocycles. The van der Waals surface area contributed by atoms with Crippen molar-refractivity contribution in [1.29, 1.82) is 0 Å². The fraction of sp³-hybridized carbons (Fsp3) is 0.273. The number of hydrogen-bond donors (Lipinski definition) is 0. The molecule has 1 fully saturated rings. The lowest BCUT2D eigenvalue weighted by Crippen LogP contribution is -2.30. The van der Waals surface area contributed by atoms with Crippen LogP contribution in [0.1, 0.15) is 41.7 Å². The number of aromatic nitrogens is 2. The van der Waals surface area contributed by atoms with Gasteiger partial charge in [-0.15, -0.1) is 0 Å². The Morgan fingerprint density at radius 1 is 1.15 bits per heavy atom. The lowest BCUT2D eigenvalue weighted by molar-refractivity contribution is 0.0735. The lowest BCUT2D eigenvalue weighted by Gasteiger charge is -2.25. The molecule has 2 heterocycles. The molecule has 27 heavy (non-hydrogen) atoms. The van der Waals surface area contributed by atoms with E-state index in [2.05, 4.69) is 17.2 Å². The Morgan fingerprint density at radius 3 is 2.59 bits per heavy atom. The second-order valence-corrected chi connectivity index (χ2v) is 6.66.